The maximum Gasteiger partial charge on any atom is 0.227 e. The van der Waals surface area contributed by atoms with E-state index in [1.807, 2.05) is 36.9 Å². The van der Waals surface area contributed by atoms with Crippen molar-refractivity contribution < 1.29 is 13.6 Å². The Hall–Kier alpha value is -3.22. The highest BCUT2D eigenvalue weighted by atomic mass is 19.1. The van der Waals surface area contributed by atoms with E-state index in [4.69, 9.17) is 4.42 Å². The number of hydrogen-bond donors (Lipinski definition) is 0. The highest BCUT2D eigenvalue weighted by Gasteiger charge is 2.29. The Balaban J connectivity index is 1.46. The lowest BCUT2D eigenvalue weighted by atomic mass is 10.0. The van der Waals surface area contributed by atoms with Gasteiger partial charge in [0.15, 0.2) is 0 Å². The first-order valence-corrected chi connectivity index (χ1v) is 10.6. The highest BCUT2D eigenvalue weighted by molar-refractivity contribution is 5.79. The standard InChI is InChI=1S/C24H27FN4O2/c1-17-14-18(2)27-24(26-17)28-11-9-21(10-12-28)29(16-22-4-3-13-31-22)23(30)15-19-5-7-20(25)8-6-19/h3-8,13-14,21H,9-12,15-16H2,1-2H3. The predicted molar refractivity (Wildman–Crippen MR) is 116 cm³/mol. The topological polar surface area (TPSA) is 62.5 Å². The van der Waals surface area contributed by atoms with Gasteiger partial charge in [0, 0.05) is 30.5 Å². The molecule has 0 bridgehead atoms. The lowest BCUT2D eigenvalue weighted by molar-refractivity contribution is -0.134. The molecule has 1 aromatic carbocycles. The second kappa shape index (κ2) is 9.29. The van der Waals surface area contributed by atoms with Gasteiger partial charge in [-0.05, 0) is 62.6 Å². The van der Waals surface area contributed by atoms with Gasteiger partial charge in [0.05, 0.1) is 19.2 Å². The summed E-state index contributed by atoms with van der Waals surface area (Å²) in [5.41, 5.74) is 2.72. The third-order valence-electron chi connectivity index (χ3n) is 5.65. The monoisotopic (exact) mass is 422 g/mol. The lowest BCUT2D eigenvalue weighted by Crippen LogP contribution is -2.48. The van der Waals surface area contributed by atoms with E-state index < -0.39 is 0 Å². The average Bonchev–Trinajstić information content (AvgIpc) is 3.26. The summed E-state index contributed by atoms with van der Waals surface area (Å²) in [5, 5.41) is 0. The summed E-state index contributed by atoms with van der Waals surface area (Å²) in [7, 11) is 0. The van der Waals surface area contributed by atoms with Crippen LogP contribution < -0.4 is 4.90 Å². The van der Waals surface area contributed by atoms with Crippen LogP contribution in [0.25, 0.3) is 0 Å². The predicted octanol–water partition coefficient (Wildman–Crippen LogP) is 4.07. The molecule has 1 amide bonds. The quantitative estimate of drug-likeness (QED) is 0.599. The first-order chi connectivity index (χ1) is 15.0. The van der Waals surface area contributed by atoms with Crippen molar-refractivity contribution in [2.24, 2.45) is 0 Å². The van der Waals surface area contributed by atoms with Gasteiger partial charge >= 0.3 is 0 Å². The van der Waals surface area contributed by atoms with Crippen LogP contribution in [0.3, 0.4) is 0 Å². The summed E-state index contributed by atoms with van der Waals surface area (Å²) in [5.74, 6) is 1.23. The maximum atomic E-state index is 13.2. The number of carbonyl (C=O) groups is 1. The number of aryl methyl sites for hydroxylation is 2. The third kappa shape index (κ3) is 5.29. The Morgan fingerprint density at radius 3 is 2.42 bits per heavy atom. The second-order valence-corrected chi connectivity index (χ2v) is 8.07. The molecule has 0 unspecified atom stereocenters. The molecule has 0 atom stereocenters. The van der Waals surface area contributed by atoms with Gasteiger partial charge in [0.2, 0.25) is 11.9 Å². The zero-order chi connectivity index (χ0) is 21.8. The molecule has 162 valence electrons. The molecule has 1 saturated heterocycles. The Labute approximate surface area is 181 Å². The molecule has 0 spiro atoms. The molecule has 0 aliphatic carbocycles. The van der Waals surface area contributed by atoms with E-state index in [1.54, 1.807) is 18.4 Å². The number of rotatable bonds is 6. The molecule has 3 heterocycles. The molecule has 3 aromatic rings. The van der Waals surface area contributed by atoms with Gasteiger partial charge < -0.3 is 14.2 Å². The molecule has 6 nitrogen and oxygen atoms in total. The fraction of sp³-hybridized carbons (Fsp3) is 0.375. The van der Waals surface area contributed by atoms with Gasteiger partial charge in [0.25, 0.3) is 0 Å². The van der Waals surface area contributed by atoms with Gasteiger partial charge in [-0.3, -0.25) is 4.79 Å². The molecule has 1 aliphatic rings. The molecule has 0 N–H and O–H groups in total. The van der Waals surface area contributed by atoms with Gasteiger partial charge in [-0.1, -0.05) is 12.1 Å². The molecular weight excluding hydrogens is 395 g/mol. The number of anilines is 1. The van der Waals surface area contributed by atoms with Gasteiger partial charge in [-0.25, -0.2) is 14.4 Å². The van der Waals surface area contributed by atoms with Crippen LogP contribution in [0.2, 0.25) is 0 Å². The van der Waals surface area contributed by atoms with Crippen LogP contribution in [0.1, 0.15) is 35.6 Å². The minimum Gasteiger partial charge on any atom is -0.467 e. The number of carbonyl (C=O) groups excluding carboxylic acids is 1. The summed E-state index contributed by atoms with van der Waals surface area (Å²) in [6.07, 6.45) is 3.51. The zero-order valence-electron chi connectivity index (χ0n) is 17.9. The SMILES string of the molecule is Cc1cc(C)nc(N2CCC(N(Cc3ccco3)C(=O)Cc3ccc(F)cc3)CC2)n1. The summed E-state index contributed by atoms with van der Waals surface area (Å²) in [6, 6.07) is 11.9. The molecule has 1 fully saturated rings. The number of hydrogen-bond acceptors (Lipinski definition) is 5. The third-order valence-corrected chi connectivity index (χ3v) is 5.65. The molecule has 1 aliphatic heterocycles. The van der Waals surface area contributed by atoms with Gasteiger partial charge in [-0.2, -0.15) is 0 Å². The van der Waals surface area contributed by atoms with E-state index in [2.05, 4.69) is 14.9 Å². The van der Waals surface area contributed by atoms with Crippen LogP contribution in [0.4, 0.5) is 10.3 Å². The van der Waals surface area contributed by atoms with E-state index >= 15 is 0 Å². The number of furan rings is 1. The Bertz CT molecular complexity index is 992. The number of piperidine rings is 1. The van der Waals surface area contributed by atoms with E-state index in [0.29, 0.717) is 6.54 Å². The zero-order valence-corrected chi connectivity index (χ0v) is 17.9. The minimum absolute atomic E-state index is 0.0177. The normalized spacial score (nSPS) is 14.6. The van der Waals surface area contributed by atoms with Crippen molar-refractivity contribution in [2.45, 2.75) is 45.7 Å². The fourth-order valence-electron chi connectivity index (χ4n) is 4.10. The first kappa shape index (κ1) is 21.0. The maximum absolute atomic E-state index is 13.2. The van der Waals surface area contributed by atoms with Crippen molar-refractivity contribution in [3.63, 3.8) is 0 Å². The number of halogens is 1. The van der Waals surface area contributed by atoms with E-state index in [1.165, 1.54) is 12.1 Å². The Morgan fingerprint density at radius 2 is 1.81 bits per heavy atom. The van der Waals surface area contributed by atoms with E-state index in [-0.39, 0.29) is 24.2 Å². The van der Waals surface area contributed by atoms with Crippen LogP contribution >= 0.6 is 0 Å². The molecule has 0 radical (unpaired) electrons. The molecule has 2 aromatic heterocycles. The molecule has 31 heavy (non-hydrogen) atoms. The van der Waals surface area contributed by atoms with Crippen LogP contribution in [-0.4, -0.2) is 39.9 Å². The van der Waals surface area contributed by atoms with Crippen molar-refractivity contribution in [3.8, 4) is 0 Å². The second-order valence-electron chi connectivity index (χ2n) is 8.07. The Kier molecular flexibility index (Phi) is 6.30. The van der Waals surface area contributed by atoms with Crippen molar-refractivity contribution >= 4 is 11.9 Å². The van der Waals surface area contributed by atoms with Crippen LogP contribution in [0.15, 0.2) is 53.1 Å². The van der Waals surface area contributed by atoms with Crippen LogP contribution in [0.5, 0.6) is 0 Å². The van der Waals surface area contributed by atoms with Crippen LogP contribution in [0, 0.1) is 19.7 Å². The average molecular weight is 423 g/mol. The lowest BCUT2D eigenvalue weighted by Gasteiger charge is -2.38. The number of benzene rings is 1. The summed E-state index contributed by atoms with van der Waals surface area (Å²) in [4.78, 5) is 26.5. The number of amides is 1. The molecular formula is C24H27FN4O2. The molecule has 0 saturated carbocycles. The number of aromatic nitrogens is 2. The smallest absolute Gasteiger partial charge is 0.227 e. The largest absolute Gasteiger partial charge is 0.467 e. The Morgan fingerprint density at radius 1 is 1.13 bits per heavy atom. The van der Waals surface area contributed by atoms with Crippen molar-refractivity contribution in [1.29, 1.82) is 0 Å². The fourth-order valence-corrected chi connectivity index (χ4v) is 4.10. The van der Waals surface area contributed by atoms with Crippen molar-refractivity contribution in [3.05, 3.63) is 77.3 Å². The molecule has 7 heteroatoms. The van der Waals surface area contributed by atoms with E-state index in [0.717, 1.165) is 54.6 Å². The number of nitrogens with zero attached hydrogens (tertiary/aromatic N) is 4. The van der Waals surface area contributed by atoms with Crippen LogP contribution in [-0.2, 0) is 17.8 Å². The summed E-state index contributed by atoms with van der Waals surface area (Å²) in [6.45, 7) is 5.95. The summed E-state index contributed by atoms with van der Waals surface area (Å²) < 4.78 is 18.7. The summed E-state index contributed by atoms with van der Waals surface area (Å²) >= 11 is 0. The van der Waals surface area contributed by atoms with Gasteiger partial charge in [-0.15, -0.1) is 0 Å². The minimum atomic E-state index is -0.301. The first-order valence-electron chi connectivity index (χ1n) is 10.6. The van der Waals surface area contributed by atoms with Crippen molar-refractivity contribution in [1.82, 2.24) is 14.9 Å². The highest BCUT2D eigenvalue weighted by Crippen LogP contribution is 2.23. The molecule has 4 rings (SSSR count). The van der Waals surface area contributed by atoms with Crippen molar-refractivity contribution in [2.75, 3.05) is 18.0 Å². The van der Waals surface area contributed by atoms with E-state index in [9.17, 15) is 9.18 Å². The van der Waals surface area contributed by atoms with Gasteiger partial charge in [0.1, 0.15) is 11.6 Å².